The van der Waals surface area contributed by atoms with Crippen LogP contribution in [0.15, 0.2) is 48.5 Å². The first-order chi connectivity index (χ1) is 13.2. The van der Waals surface area contributed by atoms with Crippen LogP contribution >= 0.6 is 0 Å². The van der Waals surface area contributed by atoms with Crippen molar-refractivity contribution in [1.82, 2.24) is 9.80 Å². The Kier molecular flexibility index (Phi) is 4.93. The van der Waals surface area contributed by atoms with Crippen LogP contribution < -0.4 is 14.8 Å². The molecule has 1 saturated heterocycles. The number of urea groups is 1. The van der Waals surface area contributed by atoms with Crippen LogP contribution in [0, 0.1) is 0 Å². The van der Waals surface area contributed by atoms with Crippen LogP contribution in [0.4, 0.5) is 10.5 Å². The Balaban J connectivity index is 1.28. The smallest absolute Gasteiger partial charge is 0.321 e. The molecule has 27 heavy (non-hydrogen) atoms. The van der Waals surface area contributed by atoms with E-state index in [0.29, 0.717) is 49.8 Å². The molecule has 0 aliphatic carbocycles. The van der Waals surface area contributed by atoms with E-state index in [1.165, 1.54) is 0 Å². The summed E-state index contributed by atoms with van der Waals surface area (Å²) >= 11 is 0. The van der Waals surface area contributed by atoms with Gasteiger partial charge in [0.05, 0.1) is 6.54 Å². The molecule has 1 fully saturated rings. The summed E-state index contributed by atoms with van der Waals surface area (Å²) in [5.41, 5.74) is 1.39. The third-order valence-corrected chi connectivity index (χ3v) is 4.75. The molecule has 0 bridgehead atoms. The van der Waals surface area contributed by atoms with E-state index in [0.717, 1.165) is 5.69 Å². The molecule has 7 nitrogen and oxygen atoms in total. The molecule has 0 spiro atoms. The van der Waals surface area contributed by atoms with Gasteiger partial charge in [-0.2, -0.15) is 0 Å². The van der Waals surface area contributed by atoms with Gasteiger partial charge in [-0.25, -0.2) is 4.79 Å². The summed E-state index contributed by atoms with van der Waals surface area (Å²) in [6.45, 7) is 3.03. The molecule has 0 atom stereocenters. The predicted molar refractivity (Wildman–Crippen MR) is 100 cm³/mol. The molecular formula is C20H21N3O4. The fourth-order valence-corrected chi connectivity index (χ4v) is 3.20. The van der Waals surface area contributed by atoms with Crippen molar-refractivity contribution in [2.45, 2.75) is 0 Å². The maximum absolute atomic E-state index is 12.5. The first-order valence-electron chi connectivity index (χ1n) is 8.95. The van der Waals surface area contributed by atoms with Crippen LogP contribution in [-0.2, 0) is 0 Å². The Labute approximate surface area is 157 Å². The highest BCUT2D eigenvalue weighted by Gasteiger charge is 2.23. The number of carbonyl (C=O) groups is 2. The Morgan fingerprint density at radius 3 is 2.44 bits per heavy atom. The lowest BCUT2D eigenvalue weighted by Crippen LogP contribution is -2.51. The lowest BCUT2D eigenvalue weighted by atomic mass is 10.1. The van der Waals surface area contributed by atoms with Crippen LogP contribution in [0.5, 0.6) is 11.5 Å². The van der Waals surface area contributed by atoms with Gasteiger partial charge in [0.25, 0.3) is 0 Å². The highest BCUT2D eigenvalue weighted by Crippen LogP contribution is 2.32. The topological polar surface area (TPSA) is 71.1 Å². The van der Waals surface area contributed by atoms with Crippen molar-refractivity contribution >= 4 is 17.5 Å². The second kappa shape index (κ2) is 7.67. The summed E-state index contributed by atoms with van der Waals surface area (Å²) in [5.74, 6) is 1.32. The number of ketones is 1. The summed E-state index contributed by atoms with van der Waals surface area (Å²) in [7, 11) is 0. The molecule has 2 aromatic rings. The number of anilines is 1. The van der Waals surface area contributed by atoms with Gasteiger partial charge in [0, 0.05) is 37.4 Å². The van der Waals surface area contributed by atoms with Crippen LogP contribution in [0.2, 0.25) is 0 Å². The van der Waals surface area contributed by atoms with Crippen LogP contribution in [0.25, 0.3) is 0 Å². The zero-order valence-corrected chi connectivity index (χ0v) is 14.9. The number of nitrogens with zero attached hydrogens (tertiary/aromatic N) is 2. The van der Waals surface area contributed by atoms with E-state index < -0.39 is 0 Å². The molecule has 7 heteroatoms. The van der Waals surface area contributed by atoms with Gasteiger partial charge in [-0.3, -0.25) is 9.69 Å². The molecule has 2 aromatic carbocycles. The fourth-order valence-electron chi connectivity index (χ4n) is 3.20. The maximum atomic E-state index is 12.5. The van der Waals surface area contributed by atoms with Crippen LogP contribution in [0.3, 0.4) is 0 Å². The molecule has 0 saturated carbocycles. The molecule has 2 amide bonds. The molecule has 140 valence electrons. The molecule has 2 heterocycles. The van der Waals surface area contributed by atoms with Crippen molar-refractivity contribution in [3.8, 4) is 11.5 Å². The number of hydrogen-bond acceptors (Lipinski definition) is 5. The van der Waals surface area contributed by atoms with Gasteiger partial charge in [0.15, 0.2) is 17.3 Å². The van der Waals surface area contributed by atoms with E-state index in [1.54, 1.807) is 23.1 Å². The van der Waals surface area contributed by atoms with E-state index >= 15 is 0 Å². The second-order valence-corrected chi connectivity index (χ2v) is 6.55. The summed E-state index contributed by atoms with van der Waals surface area (Å²) < 4.78 is 10.6. The van der Waals surface area contributed by atoms with Crippen molar-refractivity contribution in [3.05, 3.63) is 54.1 Å². The van der Waals surface area contributed by atoms with E-state index in [4.69, 9.17) is 9.47 Å². The number of nitrogens with one attached hydrogen (secondary N) is 1. The van der Waals surface area contributed by atoms with Gasteiger partial charge < -0.3 is 19.7 Å². The van der Waals surface area contributed by atoms with E-state index in [2.05, 4.69) is 10.2 Å². The number of ether oxygens (including phenoxy) is 2. The highest BCUT2D eigenvalue weighted by molar-refractivity contribution is 5.98. The van der Waals surface area contributed by atoms with E-state index in [9.17, 15) is 9.59 Å². The van der Waals surface area contributed by atoms with E-state index in [-0.39, 0.29) is 18.6 Å². The van der Waals surface area contributed by atoms with Crippen molar-refractivity contribution in [1.29, 1.82) is 0 Å². The molecule has 4 rings (SSSR count). The maximum Gasteiger partial charge on any atom is 0.321 e. The van der Waals surface area contributed by atoms with Gasteiger partial charge in [-0.15, -0.1) is 0 Å². The average molecular weight is 367 g/mol. The first-order valence-corrected chi connectivity index (χ1v) is 8.95. The third kappa shape index (κ3) is 4.03. The van der Waals surface area contributed by atoms with Gasteiger partial charge >= 0.3 is 6.03 Å². The SMILES string of the molecule is O=C(CN1CCN(C(=O)Nc2ccccc2)CC1)c1ccc2c(c1)OCO2. The average Bonchev–Trinajstić information content (AvgIpc) is 3.17. The van der Waals surface area contributed by atoms with Crippen molar-refractivity contribution in [2.75, 3.05) is 44.8 Å². The number of carbonyl (C=O) groups excluding carboxylic acids is 2. The van der Waals surface area contributed by atoms with Gasteiger partial charge in [-0.1, -0.05) is 18.2 Å². The number of fused-ring (bicyclic) bond motifs is 1. The van der Waals surface area contributed by atoms with Crippen LogP contribution in [-0.4, -0.2) is 61.1 Å². The fraction of sp³-hybridized carbons (Fsp3) is 0.300. The summed E-state index contributed by atoms with van der Waals surface area (Å²) in [6, 6.07) is 14.5. The van der Waals surface area contributed by atoms with Gasteiger partial charge in [0.2, 0.25) is 6.79 Å². The number of hydrogen-bond donors (Lipinski definition) is 1. The van der Waals surface area contributed by atoms with E-state index in [1.807, 2.05) is 30.3 Å². The standard InChI is InChI=1S/C20H21N3O4/c24-17(15-6-7-18-19(12-15)27-14-26-18)13-22-8-10-23(11-9-22)20(25)21-16-4-2-1-3-5-16/h1-7,12H,8-11,13-14H2,(H,21,25). The zero-order chi connectivity index (χ0) is 18.6. The highest BCUT2D eigenvalue weighted by atomic mass is 16.7. The van der Waals surface area contributed by atoms with Gasteiger partial charge in [-0.05, 0) is 30.3 Å². The minimum absolute atomic E-state index is 0.0375. The second-order valence-electron chi connectivity index (χ2n) is 6.55. The summed E-state index contributed by atoms with van der Waals surface area (Å²) in [6.07, 6.45) is 0. The molecule has 0 unspecified atom stereocenters. The number of Topliss-reactive ketones (excluding diaryl/α,β-unsaturated/α-hetero) is 1. The lowest BCUT2D eigenvalue weighted by Gasteiger charge is -2.34. The number of benzene rings is 2. The lowest BCUT2D eigenvalue weighted by molar-refractivity contribution is 0.0883. The molecule has 0 aromatic heterocycles. The van der Waals surface area contributed by atoms with Crippen molar-refractivity contribution in [2.24, 2.45) is 0 Å². The molecule has 2 aliphatic rings. The monoisotopic (exact) mass is 367 g/mol. The largest absolute Gasteiger partial charge is 0.454 e. The number of rotatable bonds is 4. The number of piperazine rings is 1. The summed E-state index contributed by atoms with van der Waals surface area (Å²) in [5, 5.41) is 2.89. The Bertz CT molecular complexity index is 832. The molecular weight excluding hydrogens is 346 g/mol. The third-order valence-electron chi connectivity index (χ3n) is 4.75. The number of para-hydroxylation sites is 1. The Morgan fingerprint density at radius 2 is 1.67 bits per heavy atom. The predicted octanol–water partition coefficient (Wildman–Crippen LogP) is 2.45. The molecule has 1 N–H and O–H groups in total. The molecule has 2 aliphatic heterocycles. The first kappa shape index (κ1) is 17.4. The van der Waals surface area contributed by atoms with Crippen LogP contribution in [0.1, 0.15) is 10.4 Å². The molecule has 0 radical (unpaired) electrons. The zero-order valence-electron chi connectivity index (χ0n) is 14.9. The number of amides is 2. The minimum Gasteiger partial charge on any atom is -0.454 e. The van der Waals surface area contributed by atoms with Crippen molar-refractivity contribution < 1.29 is 19.1 Å². The Hall–Kier alpha value is -3.06. The minimum atomic E-state index is -0.108. The Morgan fingerprint density at radius 1 is 0.926 bits per heavy atom. The van der Waals surface area contributed by atoms with Crippen molar-refractivity contribution in [3.63, 3.8) is 0 Å². The van der Waals surface area contributed by atoms with Gasteiger partial charge in [0.1, 0.15) is 0 Å². The summed E-state index contributed by atoms with van der Waals surface area (Å²) in [4.78, 5) is 28.7. The normalized spacial score (nSPS) is 16.2. The quantitative estimate of drug-likeness (QED) is 0.841.